The molecule has 18 heavy (non-hydrogen) atoms. The van der Waals surface area contributed by atoms with E-state index in [4.69, 9.17) is 0 Å². The van der Waals surface area contributed by atoms with Crippen molar-refractivity contribution < 1.29 is 0 Å². The maximum Gasteiger partial charge on any atom is 0.0964 e. The average molecular weight is 288 g/mol. The lowest BCUT2D eigenvalue weighted by molar-refractivity contribution is 0.621. The summed E-state index contributed by atoms with van der Waals surface area (Å²) in [5.74, 6) is 0. The fourth-order valence-corrected chi connectivity index (χ4v) is 1.94. The van der Waals surface area contributed by atoms with E-state index in [0.717, 1.165) is 36.5 Å². The summed E-state index contributed by atoms with van der Waals surface area (Å²) in [6.07, 6.45) is 4.73. The van der Waals surface area contributed by atoms with Crippen molar-refractivity contribution in [3.8, 4) is 11.3 Å². The van der Waals surface area contributed by atoms with E-state index in [1.165, 1.54) is 5.56 Å². The topological polar surface area (TPSA) is 55.6 Å². The zero-order valence-electron chi connectivity index (χ0n) is 9.96. The molecular formula is C11H15Cl2N5. The van der Waals surface area contributed by atoms with Crippen LogP contribution in [0.5, 0.6) is 0 Å². The van der Waals surface area contributed by atoms with Gasteiger partial charge in [-0.25, -0.2) is 0 Å². The highest BCUT2D eigenvalue weighted by Crippen LogP contribution is 2.19. The number of fused-ring (bicyclic) bond motifs is 1. The molecule has 2 aromatic rings. The highest BCUT2D eigenvalue weighted by atomic mass is 35.5. The molecule has 0 saturated carbocycles. The maximum absolute atomic E-state index is 4.28. The summed E-state index contributed by atoms with van der Waals surface area (Å²) in [6, 6.07) is 2.10. The SMILES string of the molecule is Cl.Cl.Cn1cc(-c2cc3c(nn2)CCNC3)cn1. The predicted molar refractivity (Wildman–Crippen MR) is 74.1 cm³/mol. The molecule has 98 valence electrons. The van der Waals surface area contributed by atoms with Crippen molar-refractivity contribution in [1.29, 1.82) is 0 Å². The van der Waals surface area contributed by atoms with Crippen molar-refractivity contribution in [1.82, 2.24) is 25.3 Å². The van der Waals surface area contributed by atoms with Gasteiger partial charge in [0.05, 0.1) is 17.6 Å². The molecule has 0 radical (unpaired) electrons. The van der Waals surface area contributed by atoms with Gasteiger partial charge < -0.3 is 5.32 Å². The van der Waals surface area contributed by atoms with Gasteiger partial charge in [0.15, 0.2) is 0 Å². The normalized spacial score (nSPS) is 13.2. The van der Waals surface area contributed by atoms with Gasteiger partial charge in [0.2, 0.25) is 0 Å². The third kappa shape index (κ3) is 2.80. The fraction of sp³-hybridized carbons (Fsp3) is 0.364. The van der Waals surface area contributed by atoms with E-state index in [9.17, 15) is 0 Å². The van der Waals surface area contributed by atoms with Gasteiger partial charge in [0, 0.05) is 38.3 Å². The largest absolute Gasteiger partial charge is 0.312 e. The van der Waals surface area contributed by atoms with Crippen molar-refractivity contribution in [2.45, 2.75) is 13.0 Å². The monoisotopic (exact) mass is 287 g/mol. The first kappa shape index (κ1) is 14.9. The van der Waals surface area contributed by atoms with E-state index in [-0.39, 0.29) is 24.8 Å². The lowest BCUT2D eigenvalue weighted by Crippen LogP contribution is -2.24. The van der Waals surface area contributed by atoms with E-state index in [1.54, 1.807) is 4.68 Å². The summed E-state index contributed by atoms with van der Waals surface area (Å²) in [6.45, 7) is 1.88. The molecule has 0 spiro atoms. The molecule has 0 amide bonds. The van der Waals surface area contributed by atoms with Gasteiger partial charge >= 0.3 is 0 Å². The summed E-state index contributed by atoms with van der Waals surface area (Å²) in [7, 11) is 1.90. The van der Waals surface area contributed by atoms with Crippen LogP contribution in [0.15, 0.2) is 18.5 Å². The maximum atomic E-state index is 4.28. The Bertz CT molecular complexity index is 526. The molecule has 0 unspecified atom stereocenters. The van der Waals surface area contributed by atoms with Crippen LogP contribution in [-0.2, 0) is 20.0 Å². The van der Waals surface area contributed by atoms with E-state index < -0.39 is 0 Å². The molecule has 0 bridgehead atoms. The zero-order valence-corrected chi connectivity index (χ0v) is 11.6. The quantitative estimate of drug-likeness (QED) is 0.861. The van der Waals surface area contributed by atoms with Gasteiger partial charge in [-0.1, -0.05) is 0 Å². The molecule has 7 heteroatoms. The molecule has 5 nitrogen and oxygen atoms in total. The Hall–Kier alpha value is -1.17. The van der Waals surface area contributed by atoms with E-state index in [2.05, 4.69) is 26.7 Å². The molecule has 3 heterocycles. The van der Waals surface area contributed by atoms with Crippen LogP contribution < -0.4 is 5.32 Å². The smallest absolute Gasteiger partial charge is 0.0964 e. The van der Waals surface area contributed by atoms with Crippen LogP contribution in [0.4, 0.5) is 0 Å². The lowest BCUT2D eigenvalue weighted by Gasteiger charge is -2.15. The van der Waals surface area contributed by atoms with Gasteiger partial charge in [-0.3, -0.25) is 4.68 Å². The van der Waals surface area contributed by atoms with Crippen LogP contribution >= 0.6 is 24.8 Å². The minimum atomic E-state index is 0. The number of rotatable bonds is 1. The second-order valence-corrected chi connectivity index (χ2v) is 4.03. The first-order valence-electron chi connectivity index (χ1n) is 5.38. The van der Waals surface area contributed by atoms with E-state index in [1.807, 2.05) is 19.4 Å². The van der Waals surface area contributed by atoms with Gasteiger partial charge in [-0.2, -0.15) is 15.3 Å². The predicted octanol–water partition coefficient (Wildman–Crippen LogP) is 1.37. The van der Waals surface area contributed by atoms with Crippen LogP contribution in [0.1, 0.15) is 11.3 Å². The third-order valence-electron chi connectivity index (χ3n) is 2.81. The summed E-state index contributed by atoms with van der Waals surface area (Å²) in [4.78, 5) is 0. The Morgan fingerprint density at radius 2 is 2.11 bits per heavy atom. The molecule has 1 aliphatic heterocycles. The fourth-order valence-electron chi connectivity index (χ4n) is 1.94. The van der Waals surface area contributed by atoms with Gasteiger partial charge in [-0.15, -0.1) is 24.8 Å². The summed E-state index contributed by atoms with van der Waals surface area (Å²) in [5.41, 5.74) is 4.28. The molecule has 3 rings (SSSR count). The molecule has 0 aliphatic carbocycles. The van der Waals surface area contributed by atoms with Crippen molar-refractivity contribution in [3.05, 3.63) is 29.7 Å². The number of nitrogens with one attached hydrogen (secondary N) is 1. The van der Waals surface area contributed by atoms with Crippen molar-refractivity contribution in [3.63, 3.8) is 0 Å². The Morgan fingerprint density at radius 3 is 2.83 bits per heavy atom. The molecule has 1 aliphatic rings. The zero-order chi connectivity index (χ0) is 11.0. The summed E-state index contributed by atoms with van der Waals surface area (Å²) in [5, 5.41) is 16.0. The molecule has 2 aromatic heterocycles. The first-order chi connectivity index (χ1) is 7.83. The highest BCUT2D eigenvalue weighted by Gasteiger charge is 2.12. The Labute approximate surface area is 118 Å². The van der Waals surface area contributed by atoms with E-state index in [0.29, 0.717) is 0 Å². The molecule has 0 fully saturated rings. The highest BCUT2D eigenvalue weighted by molar-refractivity contribution is 5.85. The van der Waals surface area contributed by atoms with Gasteiger partial charge in [0.1, 0.15) is 0 Å². The minimum absolute atomic E-state index is 0. The lowest BCUT2D eigenvalue weighted by atomic mass is 10.1. The average Bonchev–Trinajstić information content (AvgIpc) is 2.75. The summed E-state index contributed by atoms with van der Waals surface area (Å²) >= 11 is 0. The van der Waals surface area contributed by atoms with Crippen LogP contribution in [0.3, 0.4) is 0 Å². The van der Waals surface area contributed by atoms with Crippen LogP contribution in [0.25, 0.3) is 11.3 Å². The van der Waals surface area contributed by atoms with Crippen molar-refractivity contribution >= 4 is 24.8 Å². The molecular weight excluding hydrogens is 273 g/mol. The number of halogens is 2. The molecule has 0 saturated heterocycles. The Balaban J connectivity index is 0.000000810. The molecule has 0 aromatic carbocycles. The van der Waals surface area contributed by atoms with Gasteiger partial charge in [-0.05, 0) is 11.6 Å². The first-order valence-corrected chi connectivity index (χ1v) is 5.38. The second kappa shape index (κ2) is 6.13. The number of aromatic nitrogens is 4. The minimum Gasteiger partial charge on any atom is -0.312 e. The van der Waals surface area contributed by atoms with Crippen LogP contribution in [-0.4, -0.2) is 26.5 Å². The number of nitrogens with zero attached hydrogens (tertiary/aromatic N) is 4. The van der Waals surface area contributed by atoms with Crippen molar-refractivity contribution in [2.75, 3.05) is 6.54 Å². The summed E-state index contributed by atoms with van der Waals surface area (Å²) < 4.78 is 1.77. The third-order valence-corrected chi connectivity index (χ3v) is 2.81. The van der Waals surface area contributed by atoms with Crippen LogP contribution in [0.2, 0.25) is 0 Å². The van der Waals surface area contributed by atoms with Crippen molar-refractivity contribution in [2.24, 2.45) is 7.05 Å². The molecule has 1 N–H and O–H groups in total. The number of aryl methyl sites for hydroxylation is 1. The number of hydrogen-bond donors (Lipinski definition) is 1. The Kier molecular flexibility index (Phi) is 5.07. The Morgan fingerprint density at radius 1 is 1.28 bits per heavy atom. The second-order valence-electron chi connectivity index (χ2n) is 4.03. The number of hydrogen-bond acceptors (Lipinski definition) is 4. The molecule has 0 atom stereocenters. The van der Waals surface area contributed by atoms with E-state index >= 15 is 0 Å². The van der Waals surface area contributed by atoms with Gasteiger partial charge in [0.25, 0.3) is 0 Å². The standard InChI is InChI=1S/C11H13N5.2ClH/c1-16-7-9(6-13-16)11-4-8-5-12-3-2-10(8)14-15-11;;/h4,6-7,12H,2-3,5H2,1H3;2*1H. The van der Waals surface area contributed by atoms with Crippen LogP contribution in [0, 0.1) is 0 Å².